The van der Waals surface area contributed by atoms with Gasteiger partial charge < -0.3 is 24.2 Å². The fourth-order valence-electron chi connectivity index (χ4n) is 7.43. The molecule has 2 saturated heterocycles. The quantitative estimate of drug-likeness (QED) is 0.129. The number of methoxy groups -OCH3 is 1. The summed E-state index contributed by atoms with van der Waals surface area (Å²) in [6.45, 7) is 6.35. The molecular weight excluding hydrogens is 787 g/mol. The number of carbonyl (C=O) groups is 1. The van der Waals surface area contributed by atoms with Crippen molar-refractivity contribution in [1.29, 1.82) is 0 Å². The van der Waals surface area contributed by atoms with Gasteiger partial charge in [-0.3, -0.25) is 34.8 Å². The molecule has 2 aromatic carbocycles. The van der Waals surface area contributed by atoms with Crippen LogP contribution in [0.15, 0.2) is 122 Å². The Morgan fingerprint density at radius 1 is 0.645 bits per heavy atom. The van der Waals surface area contributed by atoms with E-state index in [0.717, 1.165) is 108 Å². The molecule has 0 bridgehead atoms. The number of nitrogens with one attached hydrogen (secondary N) is 2. The van der Waals surface area contributed by atoms with Crippen LogP contribution in [0.25, 0.3) is 44.3 Å². The maximum Gasteiger partial charge on any atom is 0.248 e. The molecule has 16 nitrogen and oxygen atoms in total. The van der Waals surface area contributed by atoms with Gasteiger partial charge in [0.15, 0.2) is 0 Å². The lowest BCUT2D eigenvalue weighted by Gasteiger charge is -2.35. The van der Waals surface area contributed by atoms with Gasteiger partial charge >= 0.3 is 0 Å². The number of aromatic nitrogens is 8. The fourth-order valence-corrected chi connectivity index (χ4v) is 7.43. The van der Waals surface area contributed by atoms with Crippen LogP contribution in [0, 0.1) is 0 Å². The molecule has 314 valence electrons. The van der Waals surface area contributed by atoms with E-state index in [1.165, 1.54) is 0 Å². The molecule has 0 spiro atoms. The molecule has 2 fully saturated rings. The van der Waals surface area contributed by atoms with Crippen molar-refractivity contribution in [3.63, 3.8) is 0 Å². The highest BCUT2D eigenvalue weighted by Crippen LogP contribution is 2.28. The predicted molar refractivity (Wildman–Crippen MR) is 232 cm³/mol. The first-order chi connectivity index (χ1) is 30.4. The average Bonchev–Trinajstić information content (AvgIpc) is 4.04. The smallest absolute Gasteiger partial charge is 0.248 e. The molecule has 0 atom stereocenters. The second kappa shape index (κ2) is 18.7. The zero-order valence-electron chi connectivity index (χ0n) is 34.1. The number of benzene rings is 2. The number of piperazine rings is 1. The van der Waals surface area contributed by atoms with E-state index >= 15 is 0 Å². The second-order valence-electron chi connectivity index (χ2n) is 15.2. The number of aliphatic hydroxyl groups excluding tert-OH is 1. The van der Waals surface area contributed by atoms with E-state index < -0.39 is 0 Å². The lowest BCUT2D eigenvalue weighted by atomic mass is 10.1. The number of hydrogen-bond donors (Lipinski definition) is 3. The summed E-state index contributed by atoms with van der Waals surface area (Å²) in [4.78, 5) is 36.3. The molecule has 6 aromatic heterocycles. The molecule has 3 N–H and O–H groups in total. The topological polar surface area (TPSA) is 184 Å². The Morgan fingerprint density at radius 2 is 1.18 bits per heavy atom. The minimum absolute atomic E-state index is 0.0523. The Hall–Kier alpha value is -7.11. The zero-order chi connectivity index (χ0) is 42.3. The van der Waals surface area contributed by atoms with E-state index in [1.807, 2.05) is 90.1 Å². The highest BCUT2D eigenvalue weighted by Gasteiger charge is 2.24. The molecule has 2 aliphatic heterocycles. The summed E-state index contributed by atoms with van der Waals surface area (Å²) in [5, 5.41) is 25.3. The first kappa shape index (κ1) is 40.3. The molecule has 62 heavy (non-hydrogen) atoms. The van der Waals surface area contributed by atoms with Gasteiger partial charge in [0.1, 0.15) is 18.1 Å². The molecule has 2 aliphatic rings. The summed E-state index contributed by atoms with van der Waals surface area (Å²) in [5.74, 6) is 2.47. The molecule has 8 aromatic rings. The summed E-state index contributed by atoms with van der Waals surface area (Å²) >= 11 is 0. The van der Waals surface area contributed by atoms with Gasteiger partial charge in [0.05, 0.1) is 28.5 Å². The number of fused-ring (bicyclic) bond motifs is 2. The number of amides is 1. The van der Waals surface area contributed by atoms with Crippen LogP contribution in [0.5, 0.6) is 23.3 Å². The minimum atomic E-state index is -0.185. The lowest BCUT2D eigenvalue weighted by Crippen LogP contribution is -2.49. The number of hydrogen-bond acceptors (Lipinski definition) is 13. The van der Waals surface area contributed by atoms with Crippen LogP contribution >= 0.6 is 0 Å². The molecule has 0 aliphatic carbocycles. The number of pyridine rings is 4. The van der Waals surface area contributed by atoms with Crippen molar-refractivity contribution in [2.24, 2.45) is 0 Å². The van der Waals surface area contributed by atoms with Gasteiger partial charge in [0.25, 0.3) is 0 Å². The number of ether oxygens (including phenoxy) is 3. The van der Waals surface area contributed by atoms with Gasteiger partial charge in [-0.1, -0.05) is 0 Å². The third-order valence-electron chi connectivity index (χ3n) is 10.7. The highest BCUT2D eigenvalue weighted by molar-refractivity contribution is 5.81. The zero-order valence-corrected chi connectivity index (χ0v) is 34.1. The largest absolute Gasteiger partial charge is 0.439 e. The van der Waals surface area contributed by atoms with Crippen LogP contribution in [0.1, 0.15) is 11.1 Å². The first-order valence-electron chi connectivity index (χ1n) is 20.3. The van der Waals surface area contributed by atoms with Crippen molar-refractivity contribution in [1.82, 2.24) is 55.0 Å². The van der Waals surface area contributed by atoms with Crippen LogP contribution in [0.3, 0.4) is 0 Å². The molecule has 0 radical (unpaired) electrons. The maximum atomic E-state index is 12.0. The van der Waals surface area contributed by atoms with Crippen LogP contribution in [0.2, 0.25) is 0 Å². The molecule has 10 rings (SSSR count). The monoisotopic (exact) mass is 831 g/mol. The van der Waals surface area contributed by atoms with Crippen LogP contribution < -0.4 is 9.47 Å². The number of aliphatic hydroxyl groups is 1. The third-order valence-corrected chi connectivity index (χ3v) is 10.7. The Morgan fingerprint density at radius 3 is 1.63 bits per heavy atom. The summed E-state index contributed by atoms with van der Waals surface area (Å²) in [6.07, 6.45) is 10.5. The van der Waals surface area contributed by atoms with E-state index in [4.69, 9.17) is 14.2 Å². The number of aromatic amines is 2. The fraction of sp³-hybridized carbons (Fsp3) is 0.239. The molecule has 0 unspecified atom stereocenters. The van der Waals surface area contributed by atoms with Crippen molar-refractivity contribution < 1.29 is 24.1 Å². The van der Waals surface area contributed by atoms with E-state index in [9.17, 15) is 9.90 Å². The normalized spacial score (nSPS) is 14.6. The van der Waals surface area contributed by atoms with Crippen LogP contribution in [0.4, 0.5) is 0 Å². The van der Waals surface area contributed by atoms with Crippen molar-refractivity contribution in [3.8, 4) is 45.8 Å². The second-order valence-corrected chi connectivity index (χ2v) is 15.2. The Labute approximate surface area is 357 Å². The maximum absolute atomic E-state index is 12.0. The van der Waals surface area contributed by atoms with Gasteiger partial charge in [-0.15, -0.1) is 0 Å². The molecular formula is C46H45N11O5. The van der Waals surface area contributed by atoms with E-state index in [0.29, 0.717) is 23.3 Å². The number of rotatable bonds is 12. The Bertz CT molecular complexity index is 2720. The van der Waals surface area contributed by atoms with E-state index in [2.05, 4.69) is 62.3 Å². The van der Waals surface area contributed by atoms with Crippen molar-refractivity contribution in [2.75, 3.05) is 53.0 Å². The van der Waals surface area contributed by atoms with Crippen molar-refractivity contribution in [3.05, 3.63) is 133 Å². The van der Waals surface area contributed by atoms with Gasteiger partial charge in [0.2, 0.25) is 17.7 Å². The third kappa shape index (κ3) is 9.91. The van der Waals surface area contributed by atoms with Crippen molar-refractivity contribution >= 4 is 27.7 Å². The minimum Gasteiger partial charge on any atom is -0.439 e. The van der Waals surface area contributed by atoms with E-state index in [-0.39, 0.29) is 18.6 Å². The van der Waals surface area contributed by atoms with Gasteiger partial charge in [-0.25, -0.2) is 9.97 Å². The highest BCUT2D eigenvalue weighted by atomic mass is 16.5. The number of nitrogens with zero attached hydrogens (tertiary/aromatic N) is 9. The van der Waals surface area contributed by atoms with Crippen LogP contribution in [-0.2, 0) is 22.6 Å². The number of likely N-dealkylation sites (tertiary alicyclic amines) is 1. The Kier molecular flexibility index (Phi) is 12.1. The summed E-state index contributed by atoms with van der Waals surface area (Å²) < 4.78 is 16.8. The van der Waals surface area contributed by atoms with Crippen molar-refractivity contribution in [2.45, 2.75) is 19.2 Å². The van der Waals surface area contributed by atoms with E-state index in [1.54, 1.807) is 31.9 Å². The average molecular weight is 832 g/mol. The lowest BCUT2D eigenvalue weighted by molar-refractivity contribution is -0.136. The standard InChI is InChI=1S/C25H26N6O3.C21H19N5O2/c1-33-17-25(32)31-10-8-30(9-11-31)16-18-12-19-2-4-21(13-23(19)26-14-18)34-24-5-3-20(15-27-24)22-6-7-28-29-22;27-17-12-26(13-17)11-14-7-15-1-3-18(8-20(15)22-9-14)28-21-4-2-16(10-23-21)19-5-6-24-25-19/h2-7,12-15H,8-11,16-17H2,1H3,(H,28,29);1-10,17,27H,11-13H2,(H,24,25). The number of H-pyrrole nitrogens is 2. The summed E-state index contributed by atoms with van der Waals surface area (Å²) in [7, 11) is 1.55. The first-order valence-corrected chi connectivity index (χ1v) is 20.3. The van der Waals surface area contributed by atoms with Crippen LogP contribution in [-0.4, -0.2) is 125 Å². The number of carbonyl (C=O) groups excluding carboxylic acids is 1. The van der Waals surface area contributed by atoms with Gasteiger partial charge in [0, 0.05) is 143 Å². The molecule has 1 amide bonds. The molecule has 16 heteroatoms. The summed E-state index contributed by atoms with van der Waals surface area (Å²) in [6, 6.07) is 27.3. The van der Waals surface area contributed by atoms with Gasteiger partial charge in [-0.2, -0.15) is 10.2 Å². The number of β-amino-alcohol motifs (C(OH)–C–C–N with tert-alkyl or cyclic N) is 1. The molecule has 8 heterocycles. The van der Waals surface area contributed by atoms with Gasteiger partial charge in [-0.05, 0) is 71.8 Å². The molecule has 0 saturated carbocycles. The Balaban J connectivity index is 0.000000161. The summed E-state index contributed by atoms with van der Waals surface area (Å²) in [5.41, 5.74) is 7.75. The SMILES string of the molecule is COCC(=O)N1CCN(Cc2cnc3cc(Oc4ccc(-c5ccn[nH]5)cn4)ccc3c2)CC1.OC1CN(Cc2cnc3cc(Oc4ccc(-c5ccn[nH]5)cn4)ccc3c2)C1. The predicted octanol–water partition coefficient (Wildman–Crippen LogP) is 6.09.